The Morgan fingerprint density at radius 1 is 0.840 bits per heavy atom. The number of rotatable bonds is 14. The Hall–Kier alpha value is 0.420. The van der Waals surface area contributed by atoms with Crippen molar-refractivity contribution in [3.8, 4) is 0 Å². The number of unbranched alkanes of at least 4 members (excludes halogenated alkanes) is 2. The summed E-state index contributed by atoms with van der Waals surface area (Å²) in [6, 6.07) is 0. The summed E-state index contributed by atoms with van der Waals surface area (Å²) >= 11 is 0. The Bertz CT molecular complexity index is 303. The molecule has 0 saturated carbocycles. The van der Waals surface area contributed by atoms with Crippen LogP contribution >= 0.6 is 16.4 Å². The van der Waals surface area contributed by atoms with Crippen LogP contribution < -0.4 is 0 Å². The van der Waals surface area contributed by atoms with Gasteiger partial charge in [0.1, 0.15) is 0 Å². The lowest BCUT2D eigenvalue weighted by Gasteiger charge is -2.20. The molecule has 0 heterocycles. The van der Waals surface area contributed by atoms with Crippen LogP contribution in [0.4, 0.5) is 0 Å². The third kappa shape index (κ3) is 20.6. The predicted octanol–water partition coefficient (Wildman–Crippen LogP) is 4.74. The minimum Gasteiger partial charge on any atom is -0.328 e. The summed E-state index contributed by atoms with van der Waals surface area (Å²) in [5.41, 5.74) is 0. The van der Waals surface area contributed by atoms with E-state index in [1.165, 1.54) is 0 Å². The zero-order chi connectivity index (χ0) is 19.7. The van der Waals surface area contributed by atoms with Crippen LogP contribution in [0.1, 0.15) is 79.1 Å². The maximum absolute atomic E-state index is 11.9. The summed E-state index contributed by atoms with van der Waals surface area (Å²) in [5.74, 6) is 0.687. The topological polar surface area (TPSA) is 116 Å². The number of hydrogen-bond acceptors (Lipinski definition) is 6. The third-order valence-electron chi connectivity index (χ3n) is 4.03. The summed E-state index contributed by atoms with van der Waals surface area (Å²) in [5, 5.41) is 0. The molecular weight excluding hydrogens is 366 g/mol. The van der Waals surface area contributed by atoms with Gasteiger partial charge in [-0.1, -0.05) is 66.2 Å². The Morgan fingerprint density at radius 3 is 1.40 bits per heavy atom. The lowest BCUT2D eigenvalue weighted by Crippen LogP contribution is -2.12. The van der Waals surface area contributed by atoms with Gasteiger partial charge in [-0.15, -0.1) is 0 Å². The maximum atomic E-state index is 11.9. The molecular formula is C16H38O7P2. The Morgan fingerprint density at radius 2 is 1.16 bits per heavy atom. The van der Waals surface area contributed by atoms with Crippen LogP contribution in [-0.4, -0.2) is 32.8 Å². The summed E-state index contributed by atoms with van der Waals surface area (Å²) in [7, 11) is -6.51. The van der Waals surface area contributed by atoms with Crippen molar-refractivity contribution in [1.82, 2.24) is 0 Å². The maximum Gasteiger partial charge on any atom is 0.472 e. The predicted molar refractivity (Wildman–Crippen MR) is 102 cm³/mol. The van der Waals surface area contributed by atoms with Crippen molar-refractivity contribution in [2.75, 3.05) is 13.2 Å². The largest absolute Gasteiger partial charge is 0.472 e. The zero-order valence-electron chi connectivity index (χ0n) is 16.1. The van der Waals surface area contributed by atoms with Gasteiger partial charge in [-0.3, -0.25) is 9.05 Å². The summed E-state index contributed by atoms with van der Waals surface area (Å²) in [6.45, 7) is 9.10. The number of phosphoric acid groups is 1. The fourth-order valence-corrected chi connectivity index (χ4v) is 3.11. The molecule has 0 bridgehead atoms. The monoisotopic (exact) mass is 404 g/mol. The Kier molecular flexibility index (Phi) is 19.7. The van der Waals surface area contributed by atoms with Gasteiger partial charge in [0.15, 0.2) is 0 Å². The van der Waals surface area contributed by atoms with E-state index in [9.17, 15) is 9.46 Å². The molecule has 0 spiro atoms. The minimum atomic E-state index is -3.89. The highest BCUT2D eigenvalue weighted by atomic mass is 31.2. The SMILES string of the molecule is CCCCC(CC)COP(=O)(O)OCC(CC)CCCC.OP(O)O. The standard InChI is InChI=1S/C16H35O4P.H3O3P/c1-5-9-11-15(7-3)13-19-21(17,18)20-14-16(8-4)12-10-6-2;1-4(2)3/h15-16H,5-14H2,1-4H3,(H,17,18);1-3H. The molecule has 0 aliphatic carbocycles. The van der Waals surface area contributed by atoms with Gasteiger partial charge in [0.05, 0.1) is 13.2 Å². The molecule has 9 heteroatoms. The molecule has 2 atom stereocenters. The average molecular weight is 404 g/mol. The molecule has 25 heavy (non-hydrogen) atoms. The Labute approximate surface area is 154 Å². The number of phosphoric ester groups is 1. The van der Waals surface area contributed by atoms with Gasteiger partial charge in [0.25, 0.3) is 0 Å². The van der Waals surface area contributed by atoms with Crippen LogP contribution in [0.25, 0.3) is 0 Å². The molecule has 0 aromatic rings. The van der Waals surface area contributed by atoms with E-state index >= 15 is 0 Å². The molecule has 0 aromatic heterocycles. The first-order chi connectivity index (χ1) is 11.7. The van der Waals surface area contributed by atoms with E-state index in [0.29, 0.717) is 25.0 Å². The van der Waals surface area contributed by atoms with E-state index in [1.54, 1.807) is 0 Å². The van der Waals surface area contributed by atoms with Gasteiger partial charge in [0, 0.05) is 0 Å². The normalized spacial score (nSPS) is 16.0. The van der Waals surface area contributed by atoms with Crippen molar-refractivity contribution in [2.45, 2.75) is 79.1 Å². The van der Waals surface area contributed by atoms with Gasteiger partial charge in [-0.2, -0.15) is 0 Å². The van der Waals surface area contributed by atoms with Crippen LogP contribution in [-0.2, 0) is 13.6 Å². The van der Waals surface area contributed by atoms with Crippen molar-refractivity contribution in [3.63, 3.8) is 0 Å². The van der Waals surface area contributed by atoms with Gasteiger partial charge in [-0.25, -0.2) is 4.57 Å². The van der Waals surface area contributed by atoms with Crippen LogP contribution in [0.15, 0.2) is 0 Å². The molecule has 0 rings (SSSR count). The van der Waals surface area contributed by atoms with Crippen LogP contribution in [0, 0.1) is 11.8 Å². The molecule has 0 amide bonds. The van der Waals surface area contributed by atoms with Gasteiger partial charge >= 0.3 is 16.4 Å². The van der Waals surface area contributed by atoms with Crippen molar-refractivity contribution < 1.29 is 33.2 Å². The highest BCUT2D eigenvalue weighted by Gasteiger charge is 2.24. The van der Waals surface area contributed by atoms with Crippen molar-refractivity contribution in [1.29, 1.82) is 0 Å². The fourth-order valence-electron chi connectivity index (χ4n) is 2.23. The second-order valence-corrected chi connectivity index (χ2v) is 8.15. The second-order valence-electron chi connectivity index (χ2n) is 6.16. The summed E-state index contributed by atoms with van der Waals surface area (Å²) < 4.78 is 22.2. The first kappa shape index (κ1) is 27.6. The minimum absolute atomic E-state index is 0.316. The average Bonchev–Trinajstić information content (AvgIpc) is 2.54. The van der Waals surface area contributed by atoms with E-state index in [-0.39, 0.29) is 0 Å². The highest BCUT2D eigenvalue weighted by molar-refractivity contribution is 7.47. The van der Waals surface area contributed by atoms with Gasteiger partial charge in [-0.05, 0) is 24.7 Å². The zero-order valence-corrected chi connectivity index (χ0v) is 17.9. The third-order valence-corrected chi connectivity index (χ3v) is 4.98. The van der Waals surface area contributed by atoms with Crippen LogP contribution in [0.5, 0.6) is 0 Å². The quantitative estimate of drug-likeness (QED) is 0.309. The summed E-state index contributed by atoms with van der Waals surface area (Å²) in [6.07, 6.45) is 8.56. The molecule has 0 saturated heterocycles. The first-order valence-electron chi connectivity index (χ1n) is 9.20. The van der Waals surface area contributed by atoms with Crippen LogP contribution in [0.3, 0.4) is 0 Å². The second kappa shape index (κ2) is 17.8. The molecule has 0 aliphatic heterocycles. The van der Waals surface area contributed by atoms with Crippen molar-refractivity contribution in [2.24, 2.45) is 11.8 Å². The molecule has 0 radical (unpaired) electrons. The Balaban J connectivity index is 0. The van der Waals surface area contributed by atoms with E-state index in [2.05, 4.69) is 27.7 Å². The molecule has 154 valence electrons. The van der Waals surface area contributed by atoms with Crippen molar-refractivity contribution in [3.05, 3.63) is 0 Å². The van der Waals surface area contributed by atoms with E-state index in [0.717, 1.165) is 51.4 Å². The molecule has 2 unspecified atom stereocenters. The fraction of sp³-hybridized carbons (Fsp3) is 1.00. The number of hydrogen-bond donors (Lipinski definition) is 4. The van der Waals surface area contributed by atoms with Gasteiger partial charge in [0.2, 0.25) is 0 Å². The van der Waals surface area contributed by atoms with Gasteiger partial charge < -0.3 is 19.6 Å². The van der Waals surface area contributed by atoms with Crippen molar-refractivity contribution >= 4 is 16.4 Å². The van der Waals surface area contributed by atoms with E-state index in [4.69, 9.17) is 23.7 Å². The smallest absolute Gasteiger partial charge is 0.328 e. The molecule has 0 aromatic carbocycles. The molecule has 0 aliphatic rings. The molecule has 0 fully saturated rings. The van der Waals surface area contributed by atoms with Crippen LogP contribution in [0.2, 0.25) is 0 Å². The molecule has 4 N–H and O–H groups in total. The first-order valence-corrected chi connectivity index (χ1v) is 11.9. The lowest BCUT2D eigenvalue weighted by atomic mass is 10.0. The van der Waals surface area contributed by atoms with E-state index in [1.807, 2.05) is 0 Å². The lowest BCUT2D eigenvalue weighted by molar-refractivity contribution is 0.110. The molecule has 7 nitrogen and oxygen atoms in total. The van der Waals surface area contributed by atoms with E-state index < -0.39 is 16.4 Å². The summed E-state index contributed by atoms with van der Waals surface area (Å²) in [4.78, 5) is 31.5. The highest BCUT2D eigenvalue weighted by Crippen LogP contribution is 2.44.